The summed E-state index contributed by atoms with van der Waals surface area (Å²) in [5.41, 5.74) is 5.33. The molecule has 1 fully saturated rings. The van der Waals surface area contributed by atoms with E-state index in [0.717, 1.165) is 12.8 Å². The minimum absolute atomic E-state index is 0.145. The number of hydrogen-bond acceptors (Lipinski definition) is 3. The van der Waals surface area contributed by atoms with Crippen LogP contribution in [-0.4, -0.2) is 35.9 Å². The van der Waals surface area contributed by atoms with E-state index in [9.17, 15) is 9.59 Å². The molecule has 0 aromatic heterocycles. The molecule has 1 aliphatic heterocycles. The fraction of sp³-hybridized carbons (Fsp3) is 0.429. The summed E-state index contributed by atoms with van der Waals surface area (Å²) < 4.78 is 5.40. The second-order valence-corrected chi connectivity index (χ2v) is 5.13. The average Bonchev–Trinajstić information content (AvgIpc) is 2.46. The molecule has 108 valence electrons. The number of rotatable bonds is 4. The topological polar surface area (TPSA) is 72.6 Å². The van der Waals surface area contributed by atoms with E-state index in [0.29, 0.717) is 23.7 Å². The second-order valence-electron chi connectivity index (χ2n) is 4.72. The molecule has 20 heavy (non-hydrogen) atoms. The predicted octanol–water partition coefficient (Wildman–Crippen LogP) is 1.59. The Morgan fingerprint density at radius 3 is 2.80 bits per heavy atom. The molecule has 1 heterocycles. The SMILES string of the molecule is NC(=O)[C@H]1CCCCN1C(=O)COc1ccccc1Cl. The maximum Gasteiger partial charge on any atom is 0.261 e. The largest absolute Gasteiger partial charge is 0.482 e. The van der Waals surface area contributed by atoms with Crippen molar-refractivity contribution in [3.8, 4) is 5.75 Å². The van der Waals surface area contributed by atoms with Gasteiger partial charge >= 0.3 is 0 Å². The smallest absolute Gasteiger partial charge is 0.261 e. The first-order valence-electron chi connectivity index (χ1n) is 6.55. The van der Waals surface area contributed by atoms with Crippen molar-refractivity contribution in [3.63, 3.8) is 0 Å². The molecule has 0 radical (unpaired) electrons. The Morgan fingerprint density at radius 1 is 1.35 bits per heavy atom. The van der Waals surface area contributed by atoms with Crippen molar-refractivity contribution in [2.75, 3.05) is 13.2 Å². The van der Waals surface area contributed by atoms with Crippen LogP contribution in [0.25, 0.3) is 0 Å². The van der Waals surface area contributed by atoms with Crippen molar-refractivity contribution in [3.05, 3.63) is 29.3 Å². The van der Waals surface area contributed by atoms with Crippen molar-refractivity contribution in [2.45, 2.75) is 25.3 Å². The highest BCUT2D eigenvalue weighted by molar-refractivity contribution is 6.32. The van der Waals surface area contributed by atoms with E-state index >= 15 is 0 Å². The standard InChI is InChI=1S/C14H17ClN2O3/c15-10-5-1-2-7-12(10)20-9-13(18)17-8-4-3-6-11(17)14(16)19/h1-2,5,7,11H,3-4,6,8-9H2,(H2,16,19)/t11-/m1/s1. The molecule has 0 saturated carbocycles. The lowest BCUT2D eigenvalue weighted by molar-refractivity contribution is -0.142. The highest BCUT2D eigenvalue weighted by atomic mass is 35.5. The van der Waals surface area contributed by atoms with Gasteiger partial charge in [0.1, 0.15) is 11.8 Å². The zero-order chi connectivity index (χ0) is 14.5. The molecular weight excluding hydrogens is 280 g/mol. The van der Waals surface area contributed by atoms with Gasteiger partial charge in [0.25, 0.3) is 5.91 Å². The number of primary amides is 1. The number of carbonyl (C=O) groups is 2. The number of halogens is 1. The summed E-state index contributed by atoms with van der Waals surface area (Å²) in [6.07, 6.45) is 2.40. The van der Waals surface area contributed by atoms with Gasteiger partial charge in [-0.3, -0.25) is 9.59 Å². The summed E-state index contributed by atoms with van der Waals surface area (Å²) in [6, 6.07) is 6.42. The summed E-state index contributed by atoms with van der Waals surface area (Å²) in [4.78, 5) is 25.0. The lowest BCUT2D eigenvalue weighted by Gasteiger charge is -2.33. The first-order chi connectivity index (χ1) is 9.59. The van der Waals surface area contributed by atoms with Gasteiger partial charge in [-0.2, -0.15) is 0 Å². The summed E-state index contributed by atoms with van der Waals surface area (Å²) in [5.74, 6) is -0.251. The predicted molar refractivity (Wildman–Crippen MR) is 75.5 cm³/mol. The van der Waals surface area contributed by atoms with E-state index in [1.807, 2.05) is 0 Å². The third kappa shape index (κ3) is 3.42. The van der Waals surface area contributed by atoms with Gasteiger partial charge in [0.2, 0.25) is 5.91 Å². The molecule has 0 spiro atoms. The van der Waals surface area contributed by atoms with Crippen LogP contribution in [-0.2, 0) is 9.59 Å². The van der Waals surface area contributed by atoms with Crippen LogP contribution >= 0.6 is 11.6 Å². The molecule has 0 bridgehead atoms. The molecule has 5 nitrogen and oxygen atoms in total. The first-order valence-corrected chi connectivity index (χ1v) is 6.93. The van der Waals surface area contributed by atoms with Gasteiger partial charge in [-0.15, -0.1) is 0 Å². The van der Waals surface area contributed by atoms with Crippen LogP contribution in [0.4, 0.5) is 0 Å². The number of likely N-dealkylation sites (tertiary alicyclic amines) is 1. The molecule has 0 aliphatic carbocycles. The van der Waals surface area contributed by atoms with E-state index in [-0.39, 0.29) is 12.5 Å². The number of hydrogen-bond donors (Lipinski definition) is 1. The van der Waals surface area contributed by atoms with E-state index in [1.54, 1.807) is 24.3 Å². The maximum atomic E-state index is 12.1. The van der Waals surface area contributed by atoms with E-state index in [4.69, 9.17) is 22.1 Å². The lowest BCUT2D eigenvalue weighted by atomic mass is 10.0. The minimum atomic E-state index is -0.522. The Bertz CT molecular complexity index is 507. The van der Waals surface area contributed by atoms with Gasteiger partial charge in [0, 0.05) is 6.54 Å². The molecular formula is C14H17ClN2O3. The van der Waals surface area contributed by atoms with E-state index in [2.05, 4.69) is 0 Å². The Labute approximate surface area is 122 Å². The highest BCUT2D eigenvalue weighted by Crippen LogP contribution is 2.23. The monoisotopic (exact) mass is 296 g/mol. The van der Waals surface area contributed by atoms with Crippen molar-refractivity contribution in [1.82, 2.24) is 4.90 Å². The molecule has 1 atom stereocenters. The summed E-state index contributed by atoms with van der Waals surface area (Å²) in [6.45, 7) is 0.395. The number of para-hydroxylation sites is 1. The Morgan fingerprint density at radius 2 is 2.10 bits per heavy atom. The van der Waals surface area contributed by atoms with Crippen LogP contribution in [0, 0.1) is 0 Å². The van der Waals surface area contributed by atoms with Crippen molar-refractivity contribution in [1.29, 1.82) is 0 Å². The number of ether oxygens (including phenoxy) is 1. The zero-order valence-corrected chi connectivity index (χ0v) is 11.8. The van der Waals surface area contributed by atoms with Crippen LogP contribution in [0.15, 0.2) is 24.3 Å². The van der Waals surface area contributed by atoms with Crippen molar-refractivity contribution in [2.24, 2.45) is 5.73 Å². The molecule has 1 aromatic carbocycles. The normalized spacial score (nSPS) is 18.6. The Balaban J connectivity index is 1.97. The summed E-state index contributed by atoms with van der Waals surface area (Å²) in [7, 11) is 0. The average molecular weight is 297 g/mol. The number of amides is 2. The van der Waals surface area contributed by atoms with Crippen molar-refractivity contribution >= 4 is 23.4 Å². The highest BCUT2D eigenvalue weighted by Gasteiger charge is 2.30. The Hall–Kier alpha value is -1.75. The molecule has 2 amide bonds. The number of carbonyl (C=O) groups excluding carboxylic acids is 2. The zero-order valence-electron chi connectivity index (χ0n) is 11.0. The maximum absolute atomic E-state index is 12.1. The molecule has 1 aromatic rings. The Kier molecular flexibility index (Phi) is 4.84. The van der Waals surface area contributed by atoms with Crippen LogP contribution in [0.1, 0.15) is 19.3 Å². The third-order valence-corrected chi connectivity index (χ3v) is 3.65. The molecule has 2 N–H and O–H groups in total. The molecule has 0 unspecified atom stereocenters. The second kappa shape index (κ2) is 6.61. The molecule has 6 heteroatoms. The third-order valence-electron chi connectivity index (χ3n) is 3.34. The molecule has 1 aliphatic rings. The summed E-state index contributed by atoms with van der Waals surface area (Å²) in [5, 5.41) is 0.449. The molecule has 1 saturated heterocycles. The van der Waals surface area contributed by atoms with Crippen LogP contribution in [0.2, 0.25) is 5.02 Å². The van der Waals surface area contributed by atoms with Gasteiger partial charge in [-0.25, -0.2) is 0 Å². The van der Waals surface area contributed by atoms with Gasteiger partial charge in [0.05, 0.1) is 5.02 Å². The number of nitrogens with two attached hydrogens (primary N) is 1. The van der Waals surface area contributed by atoms with Crippen LogP contribution < -0.4 is 10.5 Å². The number of benzene rings is 1. The fourth-order valence-electron chi connectivity index (χ4n) is 2.31. The van der Waals surface area contributed by atoms with Crippen LogP contribution in [0.3, 0.4) is 0 Å². The van der Waals surface area contributed by atoms with Crippen molar-refractivity contribution < 1.29 is 14.3 Å². The first kappa shape index (κ1) is 14.7. The summed E-state index contributed by atoms with van der Waals surface area (Å²) >= 11 is 5.95. The van der Waals surface area contributed by atoms with Gasteiger partial charge < -0.3 is 15.4 Å². The van der Waals surface area contributed by atoms with E-state index in [1.165, 1.54) is 4.90 Å². The fourth-order valence-corrected chi connectivity index (χ4v) is 2.50. The quantitative estimate of drug-likeness (QED) is 0.917. The van der Waals surface area contributed by atoms with Gasteiger partial charge in [0.15, 0.2) is 6.61 Å². The van der Waals surface area contributed by atoms with Gasteiger partial charge in [-0.05, 0) is 31.4 Å². The number of nitrogens with zero attached hydrogens (tertiary/aromatic N) is 1. The number of piperidine rings is 1. The van der Waals surface area contributed by atoms with E-state index < -0.39 is 11.9 Å². The van der Waals surface area contributed by atoms with Gasteiger partial charge in [-0.1, -0.05) is 23.7 Å². The lowest BCUT2D eigenvalue weighted by Crippen LogP contribution is -2.51. The minimum Gasteiger partial charge on any atom is -0.482 e. The van der Waals surface area contributed by atoms with Crippen LogP contribution in [0.5, 0.6) is 5.75 Å². The molecule has 2 rings (SSSR count).